The average Bonchev–Trinajstić information content (AvgIpc) is 2.88. The molecule has 1 unspecified atom stereocenters. The summed E-state index contributed by atoms with van der Waals surface area (Å²) in [7, 11) is 0. The van der Waals surface area contributed by atoms with Crippen molar-refractivity contribution < 1.29 is 13.9 Å². The van der Waals surface area contributed by atoms with E-state index in [0.29, 0.717) is 16.3 Å². The summed E-state index contributed by atoms with van der Waals surface area (Å²) < 4.78 is 19.5. The lowest BCUT2D eigenvalue weighted by Crippen LogP contribution is -2.03. The summed E-state index contributed by atoms with van der Waals surface area (Å²) in [4.78, 5) is 0. The number of para-hydroxylation sites is 1. The molecule has 0 aliphatic carbocycles. The maximum absolute atomic E-state index is 13.8. The summed E-state index contributed by atoms with van der Waals surface area (Å²) in [6.45, 7) is 1.94. The normalized spacial score (nSPS) is 12.8. The van der Waals surface area contributed by atoms with Crippen LogP contribution in [0.1, 0.15) is 23.0 Å². The van der Waals surface area contributed by atoms with Gasteiger partial charge in [-0.1, -0.05) is 35.9 Å². The number of hydrogen-bond acceptors (Lipinski definition) is 2. The van der Waals surface area contributed by atoms with Gasteiger partial charge < -0.3 is 9.52 Å². The van der Waals surface area contributed by atoms with Crippen LogP contribution in [0.2, 0.25) is 5.02 Å². The number of furan rings is 1. The van der Waals surface area contributed by atoms with Gasteiger partial charge in [0.2, 0.25) is 0 Å². The highest BCUT2D eigenvalue weighted by molar-refractivity contribution is 6.31. The third kappa shape index (κ3) is 2.67. The first kappa shape index (κ1) is 14.1. The lowest BCUT2D eigenvalue weighted by atomic mass is 10.1. The second-order valence-corrected chi connectivity index (χ2v) is 5.47. The van der Waals surface area contributed by atoms with E-state index in [-0.39, 0.29) is 6.42 Å². The molecule has 21 heavy (non-hydrogen) atoms. The third-order valence-electron chi connectivity index (χ3n) is 3.55. The molecule has 0 saturated heterocycles. The van der Waals surface area contributed by atoms with Crippen LogP contribution in [0, 0.1) is 12.7 Å². The van der Waals surface area contributed by atoms with E-state index in [1.54, 1.807) is 12.1 Å². The van der Waals surface area contributed by atoms with Gasteiger partial charge in [0, 0.05) is 22.4 Å². The van der Waals surface area contributed by atoms with Crippen molar-refractivity contribution in [3.63, 3.8) is 0 Å². The third-order valence-corrected chi connectivity index (χ3v) is 3.90. The smallest absolute Gasteiger partial charge is 0.137 e. The maximum atomic E-state index is 13.8. The number of benzene rings is 2. The fraction of sp³-hybridized carbons (Fsp3) is 0.176. The van der Waals surface area contributed by atoms with Crippen LogP contribution in [-0.2, 0) is 6.42 Å². The molecule has 0 aliphatic rings. The van der Waals surface area contributed by atoms with Gasteiger partial charge in [0.05, 0.1) is 0 Å². The summed E-state index contributed by atoms with van der Waals surface area (Å²) in [5.74, 6) is -0.00698. The van der Waals surface area contributed by atoms with Gasteiger partial charge in [-0.2, -0.15) is 0 Å². The van der Waals surface area contributed by atoms with E-state index in [2.05, 4.69) is 0 Å². The van der Waals surface area contributed by atoms with E-state index in [1.807, 2.05) is 25.1 Å². The molecule has 0 fully saturated rings. The summed E-state index contributed by atoms with van der Waals surface area (Å²) in [5.41, 5.74) is 2.03. The van der Waals surface area contributed by atoms with Gasteiger partial charge in [0.25, 0.3) is 0 Å². The number of fused-ring (bicyclic) bond motifs is 1. The molecule has 2 aromatic carbocycles. The molecule has 1 aromatic heterocycles. The highest BCUT2D eigenvalue weighted by Gasteiger charge is 2.18. The van der Waals surface area contributed by atoms with Crippen LogP contribution in [0.5, 0.6) is 0 Å². The predicted molar refractivity (Wildman–Crippen MR) is 81.0 cm³/mol. The molecule has 4 heteroatoms. The fourth-order valence-corrected chi connectivity index (χ4v) is 2.65. The van der Waals surface area contributed by atoms with Crippen LogP contribution >= 0.6 is 11.6 Å². The minimum atomic E-state index is -0.939. The standard InChI is InChI=1S/C17H14ClFO2/c1-10-4-2-5-11-8-16(21-17(10)11)15(20)9-12-13(18)6-3-7-14(12)19/h2-8,15,20H,9H2,1H3. The molecule has 1 N–H and O–H groups in total. The number of aryl methyl sites for hydroxylation is 1. The Morgan fingerprint density at radius 1 is 1.24 bits per heavy atom. The molecule has 0 amide bonds. The molecule has 3 rings (SSSR count). The van der Waals surface area contributed by atoms with Crippen molar-refractivity contribution in [1.82, 2.24) is 0 Å². The Morgan fingerprint density at radius 2 is 2.00 bits per heavy atom. The Morgan fingerprint density at radius 3 is 2.71 bits per heavy atom. The second kappa shape index (κ2) is 5.51. The van der Waals surface area contributed by atoms with Crippen molar-refractivity contribution >= 4 is 22.6 Å². The molecule has 0 aliphatic heterocycles. The SMILES string of the molecule is Cc1cccc2cc(C(O)Cc3c(F)cccc3Cl)oc12. The summed E-state index contributed by atoms with van der Waals surface area (Å²) in [5, 5.41) is 11.5. The maximum Gasteiger partial charge on any atom is 0.137 e. The van der Waals surface area contributed by atoms with E-state index in [1.165, 1.54) is 12.1 Å². The number of hydrogen-bond donors (Lipinski definition) is 1. The van der Waals surface area contributed by atoms with E-state index in [0.717, 1.165) is 16.5 Å². The first-order valence-electron chi connectivity index (χ1n) is 6.66. The molecule has 1 heterocycles. The van der Waals surface area contributed by atoms with E-state index in [4.69, 9.17) is 16.0 Å². The minimum absolute atomic E-state index is 0.0738. The van der Waals surface area contributed by atoms with Crippen LogP contribution in [0.3, 0.4) is 0 Å². The van der Waals surface area contributed by atoms with Crippen LogP contribution in [0.15, 0.2) is 46.9 Å². The first-order chi connectivity index (χ1) is 10.1. The zero-order valence-corrected chi connectivity index (χ0v) is 12.2. The average molecular weight is 305 g/mol. The molecular formula is C17H14ClFO2. The number of rotatable bonds is 3. The highest BCUT2D eigenvalue weighted by Crippen LogP contribution is 2.30. The molecule has 1 atom stereocenters. The summed E-state index contributed by atoms with van der Waals surface area (Å²) in [6, 6.07) is 12.0. The van der Waals surface area contributed by atoms with Crippen molar-refractivity contribution in [1.29, 1.82) is 0 Å². The van der Waals surface area contributed by atoms with Crippen molar-refractivity contribution in [2.24, 2.45) is 0 Å². The zero-order chi connectivity index (χ0) is 15.0. The van der Waals surface area contributed by atoms with Gasteiger partial charge >= 0.3 is 0 Å². The van der Waals surface area contributed by atoms with Gasteiger partial charge in [-0.05, 0) is 30.7 Å². The number of halogens is 2. The molecule has 2 nitrogen and oxygen atoms in total. The molecule has 108 valence electrons. The van der Waals surface area contributed by atoms with Gasteiger partial charge in [-0.3, -0.25) is 0 Å². The summed E-state index contributed by atoms with van der Waals surface area (Å²) >= 11 is 5.98. The van der Waals surface area contributed by atoms with Gasteiger partial charge in [0.1, 0.15) is 23.3 Å². The summed E-state index contributed by atoms with van der Waals surface area (Å²) in [6.07, 6.45) is -0.865. The monoisotopic (exact) mass is 304 g/mol. The molecule has 0 spiro atoms. The van der Waals surface area contributed by atoms with Crippen LogP contribution in [-0.4, -0.2) is 5.11 Å². The number of aliphatic hydroxyl groups excluding tert-OH is 1. The van der Waals surface area contributed by atoms with Crippen molar-refractivity contribution in [2.75, 3.05) is 0 Å². The quantitative estimate of drug-likeness (QED) is 0.753. The molecule has 3 aromatic rings. The Kier molecular flexibility index (Phi) is 3.70. The second-order valence-electron chi connectivity index (χ2n) is 5.06. The molecule has 0 bridgehead atoms. The van der Waals surface area contributed by atoms with Crippen molar-refractivity contribution in [3.8, 4) is 0 Å². The van der Waals surface area contributed by atoms with Crippen LogP contribution < -0.4 is 0 Å². The lowest BCUT2D eigenvalue weighted by Gasteiger charge is -2.10. The lowest BCUT2D eigenvalue weighted by molar-refractivity contribution is 0.151. The molecule has 0 saturated carbocycles. The van der Waals surface area contributed by atoms with Gasteiger partial charge in [-0.25, -0.2) is 4.39 Å². The molecular weight excluding hydrogens is 291 g/mol. The van der Waals surface area contributed by atoms with Crippen molar-refractivity contribution in [2.45, 2.75) is 19.4 Å². The Hall–Kier alpha value is -1.84. The largest absolute Gasteiger partial charge is 0.458 e. The van der Waals surface area contributed by atoms with Crippen LogP contribution in [0.25, 0.3) is 11.0 Å². The fourth-order valence-electron chi connectivity index (χ4n) is 2.41. The van der Waals surface area contributed by atoms with E-state index >= 15 is 0 Å². The number of aliphatic hydroxyl groups is 1. The van der Waals surface area contributed by atoms with E-state index in [9.17, 15) is 9.50 Å². The molecule has 0 radical (unpaired) electrons. The Balaban J connectivity index is 1.94. The van der Waals surface area contributed by atoms with Gasteiger partial charge in [0.15, 0.2) is 0 Å². The van der Waals surface area contributed by atoms with Crippen molar-refractivity contribution in [3.05, 3.63) is 70.2 Å². The Bertz CT molecular complexity index is 774. The van der Waals surface area contributed by atoms with E-state index < -0.39 is 11.9 Å². The highest BCUT2D eigenvalue weighted by atomic mass is 35.5. The van der Waals surface area contributed by atoms with Crippen LogP contribution in [0.4, 0.5) is 4.39 Å². The Labute approximate surface area is 126 Å². The zero-order valence-electron chi connectivity index (χ0n) is 11.4. The van der Waals surface area contributed by atoms with Gasteiger partial charge in [-0.15, -0.1) is 0 Å². The first-order valence-corrected chi connectivity index (χ1v) is 7.04. The predicted octanol–water partition coefficient (Wildman–Crippen LogP) is 4.81. The minimum Gasteiger partial charge on any atom is -0.458 e. The topological polar surface area (TPSA) is 33.4 Å².